The minimum absolute atomic E-state index is 0.0188. The van der Waals surface area contributed by atoms with Gasteiger partial charge in [-0.25, -0.2) is 14.5 Å². The van der Waals surface area contributed by atoms with Gasteiger partial charge in [-0.15, -0.1) is 5.10 Å². The van der Waals surface area contributed by atoms with Gasteiger partial charge in [0, 0.05) is 35.0 Å². The van der Waals surface area contributed by atoms with Crippen LogP contribution in [0, 0.1) is 11.8 Å². The van der Waals surface area contributed by atoms with Crippen LogP contribution in [0.5, 0.6) is 17.2 Å². The van der Waals surface area contributed by atoms with Crippen LogP contribution in [0.15, 0.2) is 52.9 Å². The number of methoxy groups -OCH3 is 1. The lowest BCUT2D eigenvalue weighted by molar-refractivity contribution is -0.181. The average molecular weight is 709 g/mol. The minimum atomic E-state index is -1.50. The van der Waals surface area contributed by atoms with Gasteiger partial charge in [0.2, 0.25) is 5.95 Å². The number of phenols is 1. The van der Waals surface area contributed by atoms with Crippen LogP contribution in [-0.2, 0) is 25.5 Å². The van der Waals surface area contributed by atoms with Gasteiger partial charge in [-0.2, -0.15) is 0 Å². The predicted octanol–water partition coefficient (Wildman–Crippen LogP) is 7.19. The number of carbonyl (C=O) groups is 2. The summed E-state index contributed by atoms with van der Waals surface area (Å²) < 4.78 is 28.4. The Balaban J connectivity index is 1.42. The Kier molecular flexibility index (Phi) is 7.57. The molecule has 5 heterocycles. The van der Waals surface area contributed by atoms with Gasteiger partial charge in [0.1, 0.15) is 29.2 Å². The second-order valence-corrected chi connectivity index (χ2v) is 16.4. The summed E-state index contributed by atoms with van der Waals surface area (Å²) in [4.78, 5) is 32.4. The number of hydrogen-bond donors (Lipinski definition) is 2. The van der Waals surface area contributed by atoms with E-state index in [1.165, 1.54) is 12.7 Å². The number of phenolic OH excluding ortho intramolecular Hbond substituents is 1. The summed E-state index contributed by atoms with van der Waals surface area (Å²) in [5, 5.41) is 20.7. The first-order chi connectivity index (χ1) is 24.6. The zero-order valence-corrected chi connectivity index (χ0v) is 31.5. The van der Waals surface area contributed by atoms with Crippen molar-refractivity contribution in [1.82, 2.24) is 14.8 Å². The van der Waals surface area contributed by atoms with Crippen LogP contribution >= 0.6 is 0 Å². The number of benzene rings is 1. The van der Waals surface area contributed by atoms with Crippen molar-refractivity contribution >= 4 is 29.5 Å². The Morgan fingerprint density at radius 3 is 2.56 bits per heavy atom. The molecule has 1 aromatic carbocycles. The highest BCUT2D eigenvalue weighted by atomic mass is 16.6. The number of fused-ring (bicyclic) bond motifs is 5. The van der Waals surface area contributed by atoms with E-state index in [0.29, 0.717) is 52.7 Å². The molecule has 3 aliphatic carbocycles. The van der Waals surface area contributed by atoms with Gasteiger partial charge >= 0.3 is 5.97 Å². The van der Waals surface area contributed by atoms with Crippen LogP contribution < -0.4 is 14.8 Å². The van der Waals surface area contributed by atoms with Crippen molar-refractivity contribution in [2.75, 3.05) is 12.4 Å². The van der Waals surface area contributed by atoms with Crippen molar-refractivity contribution in [1.29, 1.82) is 0 Å². The number of ketones is 1. The molecule has 11 heteroatoms. The molecule has 1 saturated heterocycles. The summed E-state index contributed by atoms with van der Waals surface area (Å²) in [6, 6.07) is -0.527. The van der Waals surface area contributed by atoms with Gasteiger partial charge in [0.05, 0.1) is 35.6 Å². The fourth-order valence-corrected chi connectivity index (χ4v) is 9.69. The SMILES string of the molecule is COC(=O)/C(C)=C\CC12OC(C)(C)C3CC(C1=O)C1C4=C(Nc5ncn1n5)c1c(O)c5c(c(CC=C(C)C)c1OC432)OC(C)(CCC=C(C)C)C=C5. The van der Waals surface area contributed by atoms with Crippen LogP contribution in [0.25, 0.3) is 11.8 Å². The molecule has 4 fully saturated rings. The van der Waals surface area contributed by atoms with Crippen LogP contribution in [-0.4, -0.2) is 61.1 Å². The molecular weight excluding hydrogens is 660 g/mol. The quantitative estimate of drug-likeness (QED) is 0.165. The number of nitrogens with one attached hydrogen (secondary N) is 1. The molecular formula is C41H48N4O7. The standard InChI is InChI=1S/C41H48N4O7/c1-21(2)11-10-16-39(8)17-15-24-32(46)28-30-29-31(45-20-42-37(43-30)44-45)26-19-27-38(6,7)52-40(35(26)47,18-14-23(5)36(48)49-9)41(27,29)51-34(28)25(33(24)50-39)13-12-22(3)4/h11-12,14-15,17,20,26-27,31,46H,10,13,16,18-19H2,1-9H3,(H,43,44)/b23-14-. The molecule has 6 bridgehead atoms. The van der Waals surface area contributed by atoms with E-state index in [0.717, 1.165) is 29.6 Å². The maximum atomic E-state index is 15.2. The summed E-state index contributed by atoms with van der Waals surface area (Å²) >= 11 is 0. The lowest BCUT2D eigenvalue weighted by Crippen LogP contribution is -2.74. The first-order valence-corrected chi connectivity index (χ1v) is 18.3. The summed E-state index contributed by atoms with van der Waals surface area (Å²) in [6.45, 7) is 16.0. The highest BCUT2D eigenvalue weighted by molar-refractivity contribution is 6.02. The fraction of sp³-hybridized carbons (Fsp3) is 0.512. The van der Waals surface area contributed by atoms with Crippen LogP contribution in [0.2, 0.25) is 0 Å². The minimum Gasteiger partial charge on any atom is -0.506 e. The summed E-state index contributed by atoms with van der Waals surface area (Å²) in [6.07, 6.45) is 14.3. The average Bonchev–Trinajstić information content (AvgIpc) is 3.53. The van der Waals surface area contributed by atoms with E-state index < -0.39 is 40.3 Å². The van der Waals surface area contributed by atoms with Gasteiger partial charge < -0.3 is 29.4 Å². The molecule has 9 rings (SSSR count). The number of allylic oxidation sites excluding steroid dienone is 4. The Bertz CT molecular complexity index is 2090. The fourth-order valence-electron chi connectivity index (χ4n) is 9.69. The maximum absolute atomic E-state index is 15.2. The van der Waals surface area contributed by atoms with Gasteiger partial charge in [-0.05, 0) is 93.2 Å². The summed E-state index contributed by atoms with van der Waals surface area (Å²) in [5.41, 5.74) is 1.72. The number of hydrogen-bond acceptors (Lipinski definition) is 10. The summed E-state index contributed by atoms with van der Waals surface area (Å²) in [5.74, 6) is 0.0130. The zero-order valence-electron chi connectivity index (χ0n) is 31.5. The smallest absolute Gasteiger partial charge is 0.333 e. The molecule has 2 N–H and O–H groups in total. The Hall–Kier alpha value is -4.64. The number of aromatic nitrogens is 3. The Morgan fingerprint density at radius 2 is 1.85 bits per heavy atom. The number of Topliss-reactive ketones (excluding diaryl/α,β-unsaturated/α-hetero) is 1. The second kappa shape index (κ2) is 11.4. The summed E-state index contributed by atoms with van der Waals surface area (Å²) in [7, 11) is 1.34. The largest absolute Gasteiger partial charge is 0.506 e. The maximum Gasteiger partial charge on any atom is 0.333 e. The van der Waals surface area contributed by atoms with E-state index in [1.54, 1.807) is 24.0 Å². The number of ether oxygens (including phenoxy) is 4. The van der Waals surface area contributed by atoms with Gasteiger partial charge in [0.25, 0.3) is 0 Å². The predicted molar refractivity (Wildman–Crippen MR) is 196 cm³/mol. The second-order valence-electron chi connectivity index (χ2n) is 16.4. The van der Waals surface area contributed by atoms with Gasteiger partial charge in [-0.1, -0.05) is 29.4 Å². The molecule has 1 spiro atoms. The van der Waals surface area contributed by atoms with E-state index in [4.69, 9.17) is 24.0 Å². The van der Waals surface area contributed by atoms with Crippen molar-refractivity contribution in [3.63, 3.8) is 0 Å². The van der Waals surface area contributed by atoms with E-state index in [-0.39, 0.29) is 23.9 Å². The number of nitrogens with zero attached hydrogens (tertiary/aromatic N) is 3. The third-order valence-electron chi connectivity index (χ3n) is 12.0. The molecule has 4 aliphatic heterocycles. The molecule has 2 aromatic rings. The number of carbonyl (C=O) groups excluding carboxylic acids is 2. The third kappa shape index (κ3) is 4.60. The Labute approximate surface area is 304 Å². The monoisotopic (exact) mass is 708 g/mol. The number of rotatable bonds is 8. The normalized spacial score (nSPS) is 31.0. The third-order valence-corrected chi connectivity index (χ3v) is 12.0. The first-order valence-electron chi connectivity index (χ1n) is 18.3. The molecule has 274 valence electrons. The molecule has 6 unspecified atom stereocenters. The van der Waals surface area contributed by atoms with Gasteiger partial charge in [0.15, 0.2) is 17.0 Å². The highest BCUT2D eigenvalue weighted by Crippen LogP contribution is 2.73. The molecule has 7 aliphatic rings. The van der Waals surface area contributed by atoms with E-state index in [9.17, 15) is 9.90 Å². The lowest BCUT2D eigenvalue weighted by Gasteiger charge is -2.60. The van der Waals surface area contributed by atoms with Crippen LogP contribution in [0.3, 0.4) is 0 Å². The molecule has 11 nitrogen and oxygen atoms in total. The van der Waals surface area contributed by atoms with Crippen molar-refractivity contribution < 1.29 is 33.6 Å². The molecule has 0 amide bonds. The lowest BCUT2D eigenvalue weighted by atomic mass is 9.47. The van der Waals surface area contributed by atoms with Crippen LogP contribution in [0.1, 0.15) is 104 Å². The van der Waals surface area contributed by atoms with Crippen molar-refractivity contribution in [2.24, 2.45) is 11.8 Å². The van der Waals surface area contributed by atoms with Crippen molar-refractivity contribution in [2.45, 2.75) is 116 Å². The molecule has 0 radical (unpaired) electrons. The molecule has 3 saturated carbocycles. The molecule has 52 heavy (non-hydrogen) atoms. The number of aromatic hydroxyl groups is 1. The topological polar surface area (TPSA) is 134 Å². The van der Waals surface area contributed by atoms with E-state index >= 15 is 4.79 Å². The van der Waals surface area contributed by atoms with Gasteiger partial charge in [-0.3, -0.25) is 4.79 Å². The van der Waals surface area contributed by atoms with Crippen LogP contribution in [0.4, 0.5) is 5.95 Å². The van der Waals surface area contributed by atoms with E-state index in [2.05, 4.69) is 43.2 Å². The number of anilines is 1. The van der Waals surface area contributed by atoms with E-state index in [1.807, 2.05) is 39.8 Å². The van der Waals surface area contributed by atoms with Crippen molar-refractivity contribution in [3.8, 4) is 17.2 Å². The first kappa shape index (κ1) is 34.4. The zero-order chi connectivity index (χ0) is 37.1. The molecule has 1 aromatic heterocycles. The molecule has 6 atom stereocenters. The van der Waals surface area contributed by atoms with Crippen molar-refractivity contribution in [3.05, 3.63) is 69.6 Å². The highest BCUT2D eigenvalue weighted by Gasteiger charge is 2.84. The Morgan fingerprint density at radius 1 is 1.10 bits per heavy atom. The number of esters is 1.